The van der Waals surface area contributed by atoms with E-state index in [1.54, 1.807) is 7.11 Å². The van der Waals surface area contributed by atoms with Crippen molar-refractivity contribution in [2.75, 3.05) is 26.8 Å². The highest BCUT2D eigenvalue weighted by Crippen LogP contribution is 1.76. The van der Waals surface area contributed by atoms with Crippen LogP contribution in [0.5, 0.6) is 0 Å². The molecule has 15 heavy (non-hydrogen) atoms. The van der Waals surface area contributed by atoms with E-state index in [2.05, 4.69) is 16.0 Å². The zero-order chi connectivity index (χ0) is 11.7. The highest BCUT2D eigenvalue weighted by atomic mass is 16.5. The molecule has 0 aliphatic heterocycles. The molecule has 0 aromatic heterocycles. The number of methoxy groups -OCH3 is 1. The molecule has 3 N–H and O–H groups in total. The van der Waals surface area contributed by atoms with Crippen molar-refractivity contribution >= 4 is 11.9 Å². The number of rotatable bonds is 6. The van der Waals surface area contributed by atoms with Crippen molar-refractivity contribution in [3.8, 4) is 0 Å². The Labute approximate surface area is 89.7 Å². The second kappa shape index (κ2) is 8.05. The molecule has 0 unspecified atom stereocenters. The van der Waals surface area contributed by atoms with Gasteiger partial charge in [-0.15, -0.1) is 0 Å². The predicted molar refractivity (Wildman–Crippen MR) is 56.6 cm³/mol. The number of amides is 3. The Morgan fingerprint density at radius 3 is 2.47 bits per heavy atom. The molecular formula is C9H19N3O3. The van der Waals surface area contributed by atoms with Gasteiger partial charge in [-0.25, -0.2) is 4.79 Å². The summed E-state index contributed by atoms with van der Waals surface area (Å²) >= 11 is 0. The quantitative estimate of drug-likeness (QED) is 0.523. The van der Waals surface area contributed by atoms with Crippen LogP contribution in [0.3, 0.4) is 0 Å². The molecule has 0 rings (SSSR count). The summed E-state index contributed by atoms with van der Waals surface area (Å²) in [5.74, 6) is -0.231. The summed E-state index contributed by atoms with van der Waals surface area (Å²) in [7, 11) is 1.56. The summed E-state index contributed by atoms with van der Waals surface area (Å²) in [4.78, 5) is 22.2. The molecule has 0 spiro atoms. The monoisotopic (exact) mass is 217 g/mol. The minimum absolute atomic E-state index is 0.0255. The van der Waals surface area contributed by atoms with Crippen molar-refractivity contribution in [3.63, 3.8) is 0 Å². The smallest absolute Gasteiger partial charge is 0.315 e. The Morgan fingerprint density at radius 1 is 1.27 bits per heavy atom. The fourth-order valence-corrected chi connectivity index (χ4v) is 0.829. The van der Waals surface area contributed by atoms with E-state index in [0.29, 0.717) is 13.2 Å². The standard InChI is InChI=1S/C9H19N3O3/c1-7(2)12-9(14)11-6-8(13)10-4-5-15-3/h7H,4-6H2,1-3H3,(H,10,13)(H2,11,12,14). The van der Waals surface area contributed by atoms with Crippen LogP contribution in [0.1, 0.15) is 13.8 Å². The maximum atomic E-state index is 11.1. The number of hydrogen-bond acceptors (Lipinski definition) is 3. The molecule has 6 heteroatoms. The Balaban J connectivity index is 3.49. The molecule has 88 valence electrons. The molecule has 0 aliphatic rings. The van der Waals surface area contributed by atoms with Gasteiger partial charge in [0.2, 0.25) is 5.91 Å². The Hall–Kier alpha value is -1.30. The number of carbonyl (C=O) groups excluding carboxylic acids is 2. The van der Waals surface area contributed by atoms with E-state index >= 15 is 0 Å². The first-order valence-corrected chi connectivity index (χ1v) is 4.86. The topological polar surface area (TPSA) is 79.5 Å². The van der Waals surface area contributed by atoms with Gasteiger partial charge in [0.15, 0.2) is 0 Å². The lowest BCUT2D eigenvalue weighted by Crippen LogP contribution is -2.44. The van der Waals surface area contributed by atoms with Gasteiger partial charge in [0, 0.05) is 19.7 Å². The number of urea groups is 1. The normalized spacial score (nSPS) is 9.87. The number of ether oxygens (including phenoxy) is 1. The van der Waals surface area contributed by atoms with Crippen molar-refractivity contribution < 1.29 is 14.3 Å². The molecule has 0 aromatic rings. The van der Waals surface area contributed by atoms with Crippen LogP contribution in [0.4, 0.5) is 4.79 Å². The fraction of sp³-hybridized carbons (Fsp3) is 0.778. The van der Waals surface area contributed by atoms with E-state index in [4.69, 9.17) is 4.74 Å². The molecule has 0 aliphatic carbocycles. The second-order valence-electron chi connectivity index (χ2n) is 3.32. The van der Waals surface area contributed by atoms with Crippen molar-refractivity contribution in [3.05, 3.63) is 0 Å². The number of hydrogen-bond donors (Lipinski definition) is 3. The van der Waals surface area contributed by atoms with E-state index in [1.807, 2.05) is 13.8 Å². The lowest BCUT2D eigenvalue weighted by Gasteiger charge is -2.10. The number of carbonyl (C=O) groups is 2. The maximum Gasteiger partial charge on any atom is 0.315 e. The van der Waals surface area contributed by atoms with Gasteiger partial charge >= 0.3 is 6.03 Å². The largest absolute Gasteiger partial charge is 0.383 e. The molecule has 0 bridgehead atoms. The van der Waals surface area contributed by atoms with Crippen molar-refractivity contribution in [1.82, 2.24) is 16.0 Å². The second-order valence-corrected chi connectivity index (χ2v) is 3.32. The first-order chi connectivity index (χ1) is 7.06. The van der Waals surface area contributed by atoms with Crippen LogP contribution >= 0.6 is 0 Å². The zero-order valence-corrected chi connectivity index (χ0v) is 9.42. The van der Waals surface area contributed by atoms with Crippen LogP contribution in [0.25, 0.3) is 0 Å². The third-order valence-corrected chi connectivity index (χ3v) is 1.46. The molecule has 0 saturated carbocycles. The third kappa shape index (κ3) is 9.01. The van der Waals surface area contributed by atoms with Crippen molar-refractivity contribution in [2.45, 2.75) is 19.9 Å². The molecular weight excluding hydrogens is 198 g/mol. The van der Waals surface area contributed by atoms with E-state index in [9.17, 15) is 9.59 Å². The fourth-order valence-electron chi connectivity index (χ4n) is 0.829. The van der Waals surface area contributed by atoms with Gasteiger partial charge in [-0.05, 0) is 13.8 Å². The van der Waals surface area contributed by atoms with E-state index in [0.717, 1.165) is 0 Å². The molecule has 0 aromatic carbocycles. The van der Waals surface area contributed by atoms with Crippen LogP contribution in [0.2, 0.25) is 0 Å². The molecule has 0 saturated heterocycles. The average molecular weight is 217 g/mol. The van der Waals surface area contributed by atoms with Crippen LogP contribution in [-0.4, -0.2) is 44.8 Å². The van der Waals surface area contributed by atoms with Gasteiger partial charge in [-0.2, -0.15) is 0 Å². The molecule has 3 amide bonds. The molecule has 0 heterocycles. The summed E-state index contributed by atoms with van der Waals surface area (Å²) in [6.45, 7) is 4.57. The van der Waals surface area contributed by atoms with Crippen LogP contribution in [-0.2, 0) is 9.53 Å². The van der Waals surface area contributed by atoms with Gasteiger partial charge < -0.3 is 20.7 Å². The first kappa shape index (κ1) is 13.7. The highest BCUT2D eigenvalue weighted by molar-refractivity contribution is 5.83. The molecule has 6 nitrogen and oxygen atoms in total. The number of nitrogens with one attached hydrogen (secondary N) is 3. The minimum Gasteiger partial charge on any atom is -0.383 e. The van der Waals surface area contributed by atoms with E-state index in [1.165, 1.54) is 0 Å². The van der Waals surface area contributed by atoms with Crippen LogP contribution in [0, 0.1) is 0 Å². The SMILES string of the molecule is COCCNC(=O)CNC(=O)NC(C)C. The average Bonchev–Trinajstić information content (AvgIpc) is 2.14. The van der Waals surface area contributed by atoms with Gasteiger partial charge in [0.25, 0.3) is 0 Å². The predicted octanol–water partition coefficient (Wildman–Crippen LogP) is -0.543. The lowest BCUT2D eigenvalue weighted by atomic mass is 10.4. The Bertz CT molecular complexity index is 207. The molecule has 0 fully saturated rings. The van der Waals surface area contributed by atoms with Crippen molar-refractivity contribution in [1.29, 1.82) is 0 Å². The van der Waals surface area contributed by atoms with E-state index < -0.39 is 0 Å². The third-order valence-electron chi connectivity index (χ3n) is 1.46. The van der Waals surface area contributed by atoms with E-state index in [-0.39, 0.29) is 24.5 Å². The minimum atomic E-state index is -0.341. The maximum absolute atomic E-state index is 11.1. The summed E-state index contributed by atoms with van der Waals surface area (Å²) in [5.41, 5.74) is 0. The summed E-state index contributed by atoms with van der Waals surface area (Å²) in [6, 6.07) is -0.284. The summed E-state index contributed by atoms with van der Waals surface area (Å²) < 4.78 is 4.76. The lowest BCUT2D eigenvalue weighted by molar-refractivity contribution is -0.120. The Kier molecular flexibility index (Phi) is 7.35. The Morgan fingerprint density at radius 2 is 1.93 bits per heavy atom. The zero-order valence-electron chi connectivity index (χ0n) is 9.42. The van der Waals surface area contributed by atoms with Gasteiger partial charge in [-0.3, -0.25) is 4.79 Å². The highest BCUT2D eigenvalue weighted by Gasteiger charge is 2.04. The van der Waals surface area contributed by atoms with Gasteiger partial charge in [0.1, 0.15) is 0 Å². The molecule has 0 radical (unpaired) electrons. The van der Waals surface area contributed by atoms with Crippen molar-refractivity contribution in [2.24, 2.45) is 0 Å². The van der Waals surface area contributed by atoms with Crippen LogP contribution in [0.15, 0.2) is 0 Å². The summed E-state index contributed by atoms with van der Waals surface area (Å²) in [6.07, 6.45) is 0. The van der Waals surface area contributed by atoms with Crippen LogP contribution < -0.4 is 16.0 Å². The van der Waals surface area contributed by atoms with Gasteiger partial charge in [0.05, 0.1) is 13.2 Å². The van der Waals surface area contributed by atoms with Gasteiger partial charge in [-0.1, -0.05) is 0 Å². The first-order valence-electron chi connectivity index (χ1n) is 4.86. The summed E-state index contributed by atoms with van der Waals surface area (Å²) in [5, 5.41) is 7.63. The molecule has 0 atom stereocenters.